The Morgan fingerprint density at radius 2 is 1.93 bits per heavy atom. The molecule has 0 amide bonds. The smallest absolute Gasteiger partial charge is 0.0155 e. The minimum atomic E-state index is 1.11. The van der Waals surface area contributed by atoms with E-state index in [1.165, 1.54) is 22.3 Å². The predicted octanol–water partition coefficient (Wildman–Crippen LogP) is 4.75. The monoisotopic (exact) mass is 200 g/mol. The van der Waals surface area contributed by atoms with E-state index in [9.17, 15) is 0 Å². The van der Waals surface area contributed by atoms with Crippen LogP contribution in [-0.4, -0.2) is 0 Å². The summed E-state index contributed by atoms with van der Waals surface area (Å²) in [6, 6.07) is 8.56. The highest BCUT2D eigenvalue weighted by atomic mass is 14.1. The lowest BCUT2D eigenvalue weighted by atomic mass is 9.95. The van der Waals surface area contributed by atoms with Crippen LogP contribution in [0.25, 0.3) is 5.57 Å². The molecule has 0 heterocycles. The van der Waals surface area contributed by atoms with Gasteiger partial charge in [-0.1, -0.05) is 48.9 Å². The van der Waals surface area contributed by atoms with Gasteiger partial charge >= 0.3 is 0 Å². The van der Waals surface area contributed by atoms with Gasteiger partial charge in [-0.05, 0) is 43.9 Å². The Labute approximate surface area is 93.3 Å². The molecule has 0 aliphatic carbocycles. The van der Waals surface area contributed by atoms with Crippen molar-refractivity contribution in [3.8, 4) is 0 Å². The van der Waals surface area contributed by atoms with Gasteiger partial charge < -0.3 is 0 Å². The molecule has 0 bridgehead atoms. The van der Waals surface area contributed by atoms with Crippen LogP contribution in [0.2, 0.25) is 0 Å². The van der Waals surface area contributed by atoms with Crippen molar-refractivity contribution < 1.29 is 0 Å². The van der Waals surface area contributed by atoms with Gasteiger partial charge in [-0.25, -0.2) is 0 Å². The quantitative estimate of drug-likeness (QED) is 0.617. The fraction of sp³-hybridized carbons (Fsp3) is 0.333. The first kappa shape index (κ1) is 11.8. The van der Waals surface area contributed by atoms with Gasteiger partial charge in [0.1, 0.15) is 0 Å². The molecule has 0 aliphatic rings. The van der Waals surface area contributed by atoms with E-state index >= 15 is 0 Å². The van der Waals surface area contributed by atoms with Gasteiger partial charge in [0.15, 0.2) is 0 Å². The third-order valence-electron chi connectivity index (χ3n) is 2.76. The lowest BCUT2D eigenvalue weighted by molar-refractivity contribution is 1.10. The lowest BCUT2D eigenvalue weighted by Crippen LogP contribution is -1.89. The molecule has 0 aliphatic heterocycles. The highest BCUT2D eigenvalue weighted by molar-refractivity contribution is 5.78. The first-order chi connectivity index (χ1) is 7.20. The molecule has 0 N–H and O–H groups in total. The third kappa shape index (κ3) is 2.82. The summed E-state index contributed by atoms with van der Waals surface area (Å²) in [4.78, 5) is 0. The summed E-state index contributed by atoms with van der Waals surface area (Å²) in [6.45, 7) is 8.65. The number of allylic oxidation sites excluding steroid dienone is 4. The molecule has 1 rings (SSSR count). The Morgan fingerprint density at radius 3 is 2.47 bits per heavy atom. The van der Waals surface area contributed by atoms with Crippen LogP contribution in [0.3, 0.4) is 0 Å². The molecule has 0 saturated carbocycles. The fourth-order valence-electron chi connectivity index (χ4n) is 1.69. The van der Waals surface area contributed by atoms with Crippen LogP contribution in [0.5, 0.6) is 0 Å². The lowest BCUT2D eigenvalue weighted by Gasteiger charge is -2.10. The molecule has 1 aromatic carbocycles. The van der Waals surface area contributed by atoms with Crippen LogP contribution in [0.1, 0.15) is 38.3 Å². The molecule has 0 spiro atoms. The highest BCUT2D eigenvalue weighted by Gasteiger charge is 2.03. The number of rotatable bonds is 3. The topological polar surface area (TPSA) is 0 Å². The van der Waals surface area contributed by atoms with Crippen molar-refractivity contribution in [2.75, 3.05) is 0 Å². The summed E-state index contributed by atoms with van der Waals surface area (Å²) in [5.74, 6) is 0. The van der Waals surface area contributed by atoms with Crippen LogP contribution in [-0.2, 0) is 0 Å². The van der Waals surface area contributed by atoms with Crippen LogP contribution in [0.15, 0.2) is 42.0 Å². The summed E-state index contributed by atoms with van der Waals surface area (Å²) in [6.07, 6.45) is 5.43. The molecular weight excluding hydrogens is 180 g/mol. The van der Waals surface area contributed by atoms with E-state index in [0.29, 0.717) is 0 Å². The molecule has 15 heavy (non-hydrogen) atoms. The van der Waals surface area contributed by atoms with Crippen molar-refractivity contribution in [1.82, 2.24) is 0 Å². The van der Waals surface area contributed by atoms with E-state index < -0.39 is 0 Å². The number of aryl methyl sites for hydroxylation is 1. The highest BCUT2D eigenvalue weighted by Crippen LogP contribution is 2.24. The standard InChI is InChI=1S/C15H20/c1-5-9-14(12(3)6-2)15-11-8-7-10-13(15)4/h5,7-11H,6H2,1-4H3/b9-5-,14-12-. The minimum absolute atomic E-state index is 1.11. The summed E-state index contributed by atoms with van der Waals surface area (Å²) >= 11 is 0. The van der Waals surface area contributed by atoms with Gasteiger partial charge in [0.05, 0.1) is 0 Å². The van der Waals surface area contributed by atoms with Gasteiger partial charge in [0.25, 0.3) is 0 Å². The van der Waals surface area contributed by atoms with Gasteiger partial charge in [-0.3, -0.25) is 0 Å². The van der Waals surface area contributed by atoms with E-state index in [1.54, 1.807) is 0 Å². The second-order valence-corrected chi connectivity index (χ2v) is 3.86. The fourth-order valence-corrected chi connectivity index (χ4v) is 1.69. The first-order valence-corrected chi connectivity index (χ1v) is 5.59. The van der Waals surface area contributed by atoms with Crippen molar-refractivity contribution in [2.24, 2.45) is 0 Å². The van der Waals surface area contributed by atoms with Gasteiger partial charge in [0.2, 0.25) is 0 Å². The second-order valence-electron chi connectivity index (χ2n) is 3.86. The van der Waals surface area contributed by atoms with Crippen LogP contribution < -0.4 is 0 Å². The van der Waals surface area contributed by atoms with Crippen molar-refractivity contribution in [3.05, 3.63) is 53.1 Å². The molecule has 0 unspecified atom stereocenters. The zero-order valence-corrected chi connectivity index (χ0v) is 10.2. The molecular formula is C15H20. The van der Waals surface area contributed by atoms with Gasteiger partial charge in [-0.2, -0.15) is 0 Å². The molecule has 0 radical (unpaired) electrons. The average molecular weight is 200 g/mol. The zero-order valence-electron chi connectivity index (χ0n) is 10.2. The third-order valence-corrected chi connectivity index (χ3v) is 2.76. The zero-order chi connectivity index (χ0) is 11.3. The molecule has 1 aromatic rings. The second kappa shape index (κ2) is 5.55. The van der Waals surface area contributed by atoms with E-state index in [2.05, 4.69) is 64.1 Å². The first-order valence-electron chi connectivity index (χ1n) is 5.59. The maximum atomic E-state index is 2.21. The minimum Gasteiger partial charge on any atom is -0.0870 e. The van der Waals surface area contributed by atoms with E-state index in [1.807, 2.05) is 0 Å². The Balaban J connectivity index is 3.29. The maximum absolute atomic E-state index is 2.21. The number of hydrogen-bond acceptors (Lipinski definition) is 0. The summed E-state index contributed by atoms with van der Waals surface area (Å²) in [5, 5.41) is 0. The van der Waals surface area contributed by atoms with Crippen LogP contribution in [0, 0.1) is 6.92 Å². The summed E-state index contributed by atoms with van der Waals surface area (Å²) < 4.78 is 0. The Bertz CT molecular complexity index is 381. The Hall–Kier alpha value is -1.30. The van der Waals surface area contributed by atoms with E-state index in [4.69, 9.17) is 0 Å². The molecule has 0 heteroatoms. The molecule has 0 fully saturated rings. The van der Waals surface area contributed by atoms with Crippen molar-refractivity contribution in [2.45, 2.75) is 34.1 Å². The number of benzene rings is 1. The average Bonchev–Trinajstić information content (AvgIpc) is 2.26. The van der Waals surface area contributed by atoms with Crippen molar-refractivity contribution >= 4 is 5.57 Å². The number of hydrogen-bond donors (Lipinski definition) is 0. The van der Waals surface area contributed by atoms with E-state index in [0.717, 1.165) is 6.42 Å². The van der Waals surface area contributed by atoms with Gasteiger partial charge in [-0.15, -0.1) is 0 Å². The molecule has 0 nitrogen and oxygen atoms in total. The molecule has 80 valence electrons. The largest absolute Gasteiger partial charge is 0.0870 e. The van der Waals surface area contributed by atoms with Crippen molar-refractivity contribution in [3.63, 3.8) is 0 Å². The predicted molar refractivity (Wildman–Crippen MR) is 68.9 cm³/mol. The molecule has 0 saturated heterocycles. The van der Waals surface area contributed by atoms with E-state index in [-0.39, 0.29) is 0 Å². The summed E-state index contributed by atoms with van der Waals surface area (Å²) in [7, 11) is 0. The van der Waals surface area contributed by atoms with Crippen LogP contribution in [0.4, 0.5) is 0 Å². The van der Waals surface area contributed by atoms with Gasteiger partial charge in [0, 0.05) is 0 Å². The van der Waals surface area contributed by atoms with Crippen molar-refractivity contribution in [1.29, 1.82) is 0 Å². The molecule has 0 aromatic heterocycles. The normalized spacial score (nSPS) is 13.1. The molecule has 0 atom stereocenters. The van der Waals surface area contributed by atoms with Crippen LogP contribution >= 0.6 is 0 Å². The Morgan fingerprint density at radius 1 is 1.27 bits per heavy atom. The summed E-state index contributed by atoms with van der Waals surface area (Å²) in [5.41, 5.74) is 5.52. The maximum Gasteiger partial charge on any atom is -0.0155 e. The Kier molecular flexibility index (Phi) is 4.36. The SMILES string of the molecule is C/C=C\C(=C(/C)CC)c1ccccc1C.